The zero-order valence-corrected chi connectivity index (χ0v) is 13.3. The van der Waals surface area contributed by atoms with Crippen LogP contribution in [0, 0.1) is 0 Å². The van der Waals surface area contributed by atoms with Gasteiger partial charge >= 0.3 is 0 Å². The SMILES string of the molecule is CC(C)(C)n1nc2c(c1-n1cccc1)CN(C(=O)CCl)C2. The first-order valence-electron chi connectivity index (χ1n) is 7.00. The van der Waals surface area contributed by atoms with Crippen LogP contribution in [0.3, 0.4) is 0 Å². The van der Waals surface area contributed by atoms with Gasteiger partial charge in [0.25, 0.3) is 0 Å². The first-order chi connectivity index (χ1) is 9.91. The molecule has 0 saturated heterocycles. The monoisotopic (exact) mass is 306 g/mol. The molecule has 0 radical (unpaired) electrons. The van der Waals surface area contributed by atoms with E-state index in [-0.39, 0.29) is 17.3 Å². The summed E-state index contributed by atoms with van der Waals surface area (Å²) in [7, 11) is 0. The summed E-state index contributed by atoms with van der Waals surface area (Å²) in [4.78, 5) is 13.6. The molecule has 3 rings (SSSR count). The Balaban J connectivity index is 2.08. The van der Waals surface area contributed by atoms with Crippen molar-refractivity contribution >= 4 is 17.5 Å². The van der Waals surface area contributed by atoms with Crippen molar-refractivity contribution in [3.8, 4) is 5.82 Å². The van der Waals surface area contributed by atoms with Gasteiger partial charge in [-0.15, -0.1) is 11.6 Å². The van der Waals surface area contributed by atoms with Gasteiger partial charge in [-0.2, -0.15) is 5.10 Å². The molecule has 0 unspecified atom stereocenters. The lowest BCUT2D eigenvalue weighted by molar-refractivity contribution is -0.129. The Kier molecular flexibility index (Phi) is 3.32. The molecule has 1 amide bonds. The Bertz CT molecular complexity index is 667. The van der Waals surface area contributed by atoms with E-state index in [1.807, 2.05) is 29.2 Å². The Morgan fingerprint density at radius 1 is 1.29 bits per heavy atom. The molecule has 0 aromatic carbocycles. The van der Waals surface area contributed by atoms with Crippen LogP contribution in [-0.2, 0) is 23.4 Å². The number of fused-ring (bicyclic) bond motifs is 1. The van der Waals surface area contributed by atoms with Crippen LogP contribution in [0.4, 0.5) is 0 Å². The molecular formula is C15H19ClN4O. The molecule has 6 heteroatoms. The highest BCUT2D eigenvalue weighted by atomic mass is 35.5. The van der Waals surface area contributed by atoms with E-state index in [0.29, 0.717) is 13.1 Å². The number of aromatic nitrogens is 3. The van der Waals surface area contributed by atoms with Crippen molar-refractivity contribution in [1.82, 2.24) is 19.2 Å². The third-order valence-electron chi connectivity index (χ3n) is 3.68. The van der Waals surface area contributed by atoms with Gasteiger partial charge in [-0.3, -0.25) is 4.79 Å². The summed E-state index contributed by atoms with van der Waals surface area (Å²) in [5.74, 6) is 1.00. The number of carbonyl (C=O) groups is 1. The molecule has 0 fully saturated rings. The second kappa shape index (κ2) is 4.91. The van der Waals surface area contributed by atoms with Crippen LogP contribution < -0.4 is 0 Å². The minimum absolute atomic E-state index is 0.0163. The molecule has 0 saturated carbocycles. The van der Waals surface area contributed by atoms with E-state index in [9.17, 15) is 4.79 Å². The molecule has 0 spiro atoms. The topological polar surface area (TPSA) is 43.1 Å². The van der Waals surface area contributed by atoms with E-state index in [1.54, 1.807) is 4.90 Å². The second-order valence-corrected chi connectivity index (χ2v) is 6.57. The van der Waals surface area contributed by atoms with Crippen LogP contribution in [0.15, 0.2) is 24.5 Å². The first-order valence-corrected chi connectivity index (χ1v) is 7.53. The molecule has 0 bridgehead atoms. The Labute approximate surface area is 129 Å². The van der Waals surface area contributed by atoms with Crippen molar-refractivity contribution in [2.24, 2.45) is 0 Å². The zero-order chi connectivity index (χ0) is 15.2. The van der Waals surface area contributed by atoms with E-state index in [2.05, 4.69) is 25.3 Å². The number of carbonyl (C=O) groups excluding carboxylic acids is 1. The molecule has 1 aliphatic rings. The van der Waals surface area contributed by atoms with Crippen LogP contribution in [0.1, 0.15) is 32.0 Å². The van der Waals surface area contributed by atoms with Crippen molar-refractivity contribution in [1.29, 1.82) is 0 Å². The highest BCUT2D eigenvalue weighted by Gasteiger charge is 2.33. The van der Waals surface area contributed by atoms with E-state index < -0.39 is 0 Å². The molecule has 3 heterocycles. The highest BCUT2D eigenvalue weighted by molar-refractivity contribution is 6.27. The smallest absolute Gasteiger partial charge is 0.238 e. The summed E-state index contributed by atoms with van der Waals surface area (Å²) in [5, 5.41) is 4.74. The molecular weight excluding hydrogens is 288 g/mol. The molecule has 2 aromatic rings. The van der Waals surface area contributed by atoms with E-state index in [0.717, 1.165) is 17.1 Å². The van der Waals surface area contributed by atoms with Gasteiger partial charge in [0.15, 0.2) is 0 Å². The lowest BCUT2D eigenvalue weighted by Crippen LogP contribution is -2.30. The molecule has 5 nitrogen and oxygen atoms in total. The molecule has 0 atom stereocenters. The maximum atomic E-state index is 11.8. The summed E-state index contributed by atoms with van der Waals surface area (Å²) in [6, 6.07) is 3.98. The lowest BCUT2D eigenvalue weighted by atomic mass is 10.1. The molecule has 0 aliphatic carbocycles. The third kappa shape index (κ3) is 2.35. The van der Waals surface area contributed by atoms with Crippen molar-refractivity contribution in [3.05, 3.63) is 35.8 Å². The Morgan fingerprint density at radius 2 is 1.95 bits per heavy atom. The summed E-state index contributed by atoms with van der Waals surface area (Å²) in [5.41, 5.74) is 1.96. The standard InChI is InChI=1S/C15H19ClN4O/c1-15(2,3)20-14(18-6-4-5-7-18)11-9-19(13(21)8-16)10-12(11)17-20/h4-7H,8-10H2,1-3H3. The fraction of sp³-hybridized carbons (Fsp3) is 0.467. The normalized spacial score (nSPS) is 14.6. The number of hydrogen-bond donors (Lipinski definition) is 0. The van der Waals surface area contributed by atoms with E-state index >= 15 is 0 Å². The molecule has 112 valence electrons. The van der Waals surface area contributed by atoms with Gasteiger partial charge in [0.05, 0.1) is 24.3 Å². The second-order valence-electron chi connectivity index (χ2n) is 6.31. The largest absolute Gasteiger partial charge is 0.331 e. The van der Waals surface area contributed by atoms with Gasteiger partial charge in [0, 0.05) is 18.0 Å². The number of amides is 1. The van der Waals surface area contributed by atoms with Gasteiger partial charge < -0.3 is 9.47 Å². The average molecular weight is 307 g/mol. The summed E-state index contributed by atoms with van der Waals surface area (Å²) < 4.78 is 4.10. The fourth-order valence-corrected chi connectivity index (χ4v) is 2.84. The molecule has 1 aliphatic heterocycles. The number of hydrogen-bond acceptors (Lipinski definition) is 2. The zero-order valence-electron chi connectivity index (χ0n) is 12.5. The number of rotatable bonds is 2. The molecule has 2 aromatic heterocycles. The van der Waals surface area contributed by atoms with Crippen LogP contribution in [-0.4, -0.2) is 31.0 Å². The van der Waals surface area contributed by atoms with Gasteiger partial charge in [-0.1, -0.05) is 0 Å². The minimum atomic E-state index is -0.120. The molecule has 21 heavy (non-hydrogen) atoms. The number of nitrogens with zero attached hydrogens (tertiary/aromatic N) is 4. The predicted octanol–water partition coefficient (Wildman–Crippen LogP) is 2.51. The fourth-order valence-electron chi connectivity index (χ4n) is 2.67. The predicted molar refractivity (Wildman–Crippen MR) is 81.5 cm³/mol. The average Bonchev–Trinajstić information content (AvgIpc) is 3.10. The van der Waals surface area contributed by atoms with Crippen LogP contribution in [0.5, 0.6) is 0 Å². The van der Waals surface area contributed by atoms with Gasteiger partial charge in [-0.25, -0.2) is 4.68 Å². The van der Waals surface area contributed by atoms with Crippen molar-refractivity contribution in [3.63, 3.8) is 0 Å². The van der Waals surface area contributed by atoms with Crippen molar-refractivity contribution in [2.75, 3.05) is 5.88 Å². The Hall–Kier alpha value is -1.75. The van der Waals surface area contributed by atoms with Crippen molar-refractivity contribution < 1.29 is 4.79 Å². The summed E-state index contributed by atoms with van der Waals surface area (Å²) >= 11 is 5.66. The number of alkyl halides is 1. The van der Waals surface area contributed by atoms with Crippen molar-refractivity contribution in [2.45, 2.75) is 39.4 Å². The lowest BCUT2D eigenvalue weighted by Gasteiger charge is -2.24. The van der Waals surface area contributed by atoms with Gasteiger partial charge in [0.1, 0.15) is 11.7 Å². The third-order valence-corrected chi connectivity index (χ3v) is 3.91. The van der Waals surface area contributed by atoms with Crippen LogP contribution in [0.25, 0.3) is 5.82 Å². The minimum Gasteiger partial charge on any atom is -0.331 e. The van der Waals surface area contributed by atoms with Gasteiger partial charge in [-0.05, 0) is 32.9 Å². The summed E-state index contributed by atoms with van der Waals surface area (Å²) in [6.07, 6.45) is 4.01. The number of halogens is 1. The maximum absolute atomic E-state index is 11.8. The Morgan fingerprint density at radius 3 is 2.52 bits per heavy atom. The van der Waals surface area contributed by atoms with Crippen LogP contribution in [0.2, 0.25) is 0 Å². The van der Waals surface area contributed by atoms with Gasteiger partial charge in [0.2, 0.25) is 5.91 Å². The molecule has 0 N–H and O–H groups in total. The van der Waals surface area contributed by atoms with Crippen LogP contribution >= 0.6 is 11.6 Å². The summed E-state index contributed by atoms with van der Waals surface area (Å²) in [6.45, 7) is 7.50. The quantitative estimate of drug-likeness (QED) is 0.800. The van der Waals surface area contributed by atoms with E-state index in [4.69, 9.17) is 16.7 Å². The van der Waals surface area contributed by atoms with E-state index in [1.165, 1.54) is 0 Å². The highest BCUT2D eigenvalue weighted by Crippen LogP contribution is 2.31. The first kappa shape index (κ1) is 14.2. The maximum Gasteiger partial charge on any atom is 0.238 e.